The topological polar surface area (TPSA) is 30.5 Å². The number of hydrogen-bond acceptors (Lipinski definition) is 3. The quantitative estimate of drug-likeness (QED) is 0.817. The van der Waals surface area contributed by atoms with Crippen LogP contribution in [0.3, 0.4) is 0 Å². The average Bonchev–Trinajstić information content (AvgIpc) is 2.71. The zero-order chi connectivity index (χ0) is 10.5. The molecule has 1 aliphatic rings. The second-order valence-electron chi connectivity index (χ2n) is 3.64. The second-order valence-corrected chi connectivity index (χ2v) is 3.64. The molecule has 1 aliphatic heterocycles. The number of rotatable bonds is 4. The third-order valence-electron chi connectivity index (χ3n) is 2.43. The molecule has 1 aromatic rings. The van der Waals surface area contributed by atoms with E-state index in [1.807, 2.05) is 31.2 Å². The maximum absolute atomic E-state index is 5.82. The third-order valence-corrected chi connectivity index (χ3v) is 2.43. The van der Waals surface area contributed by atoms with Crippen LogP contribution in [0.1, 0.15) is 13.3 Å². The Bertz CT molecular complexity index is 308. The second kappa shape index (κ2) is 5.03. The van der Waals surface area contributed by atoms with Crippen molar-refractivity contribution in [3.63, 3.8) is 0 Å². The van der Waals surface area contributed by atoms with Crippen molar-refractivity contribution in [1.82, 2.24) is 5.32 Å². The molecule has 0 saturated carbocycles. The molecular weight excluding hydrogens is 190 g/mol. The molecule has 0 bridgehead atoms. The van der Waals surface area contributed by atoms with Gasteiger partial charge in [0.15, 0.2) is 0 Å². The average molecular weight is 207 g/mol. The first-order valence-corrected chi connectivity index (χ1v) is 5.48. The Balaban J connectivity index is 1.97. The number of ether oxygens (including phenoxy) is 2. The lowest BCUT2D eigenvalue weighted by Gasteiger charge is -2.13. The van der Waals surface area contributed by atoms with Gasteiger partial charge in [-0.1, -0.05) is 6.07 Å². The Kier molecular flexibility index (Phi) is 3.45. The predicted molar refractivity (Wildman–Crippen MR) is 59.5 cm³/mol. The standard InChI is InChI=1S/C12H17NO2/c1-2-14-10-4-3-5-11(8-10)15-12-6-7-13-9-12/h3-5,8,12-13H,2,6-7,9H2,1H3/t12-/m0/s1. The minimum atomic E-state index is 0.307. The lowest BCUT2D eigenvalue weighted by atomic mass is 10.3. The first-order chi connectivity index (χ1) is 7.38. The molecule has 3 heteroatoms. The monoisotopic (exact) mass is 207 g/mol. The molecule has 0 radical (unpaired) electrons. The summed E-state index contributed by atoms with van der Waals surface area (Å²) in [4.78, 5) is 0. The minimum Gasteiger partial charge on any atom is -0.494 e. The van der Waals surface area contributed by atoms with Crippen molar-refractivity contribution in [2.45, 2.75) is 19.4 Å². The molecule has 1 N–H and O–H groups in total. The molecule has 1 aromatic carbocycles. The van der Waals surface area contributed by atoms with Crippen molar-refractivity contribution in [1.29, 1.82) is 0 Å². The lowest BCUT2D eigenvalue weighted by molar-refractivity contribution is 0.221. The van der Waals surface area contributed by atoms with Gasteiger partial charge in [-0.3, -0.25) is 0 Å². The van der Waals surface area contributed by atoms with E-state index in [1.165, 1.54) is 0 Å². The van der Waals surface area contributed by atoms with Gasteiger partial charge in [0, 0.05) is 12.6 Å². The van der Waals surface area contributed by atoms with E-state index in [0.717, 1.165) is 31.0 Å². The van der Waals surface area contributed by atoms with Gasteiger partial charge in [-0.15, -0.1) is 0 Å². The van der Waals surface area contributed by atoms with E-state index in [2.05, 4.69) is 5.32 Å². The molecule has 1 heterocycles. The van der Waals surface area contributed by atoms with Crippen LogP contribution in [-0.2, 0) is 0 Å². The summed E-state index contributed by atoms with van der Waals surface area (Å²) >= 11 is 0. The molecule has 3 nitrogen and oxygen atoms in total. The van der Waals surface area contributed by atoms with Crippen LogP contribution >= 0.6 is 0 Å². The van der Waals surface area contributed by atoms with Gasteiger partial charge < -0.3 is 14.8 Å². The van der Waals surface area contributed by atoms with Crippen LogP contribution in [-0.4, -0.2) is 25.8 Å². The van der Waals surface area contributed by atoms with Gasteiger partial charge in [-0.25, -0.2) is 0 Å². The van der Waals surface area contributed by atoms with E-state index in [1.54, 1.807) is 0 Å². The van der Waals surface area contributed by atoms with Gasteiger partial charge in [0.05, 0.1) is 6.61 Å². The number of benzene rings is 1. The van der Waals surface area contributed by atoms with Crippen LogP contribution in [0.5, 0.6) is 11.5 Å². The molecule has 15 heavy (non-hydrogen) atoms. The van der Waals surface area contributed by atoms with Crippen molar-refractivity contribution in [2.75, 3.05) is 19.7 Å². The van der Waals surface area contributed by atoms with Crippen LogP contribution in [0, 0.1) is 0 Å². The van der Waals surface area contributed by atoms with Gasteiger partial charge in [-0.2, -0.15) is 0 Å². The van der Waals surface area contributed by atoms with E-state index in [-0.39, 0.29) is 0 Å². The van der Waals surface area contributed by atoms with Crippen molar-refractivity contribution in [3.05, 3.63) is 24.3 Å². The fraction of sp³-hybridized carbons (Fsp3) is 0.500. The van der Waals surface area contributed by atoms with Crippen LogP contribution in [0.4, 0.5) is 0 Å². The Morgan fingerprint density at radius 1 is 1.40 bits per heavy atom. The van der Waals surface area contributed by atoms with Crippen molar-refractivity contribution in [3.8, 4) is 11.5 Å². The molecule has 1 saturated heterocycles. The number of nitrogens with one attached hydrogen (secondary N) is 1. The summed E-state index contributed by atoms with van der Waals surface area (Å²) in [7, 11) is 0. The van der Waals surface area contributed by atoms with Gasteiger partial charge in [0.25, 0.3) is 0 Å². The van der Waals surface area contributed by atoms with Crippen molar-refractivity contribution >= 4 is 0 Å². The Hall–Kier alpha value is -1.22. The maximum atomic E-state index is 5.82. The Morgan fingerprint density at radius 2 is 2.27 bits per heavy atom. The zero-order valence-electron chi connectivity index (χ0n) is 9.03. The molecule has 1 fully saturated rings. The van der Waals surface area contributed by atoms with E-state index in [9.17, 15) is 0 Å². The Labute approximate surface area is 90.4 Å². The van der Waals surface area contributed by atoms with Crippen LogP contribution < -0.4 is 14.8 Å². The van der Waals surface area contributed by atoms with Crippen LogP contribution in [0.15, 0.2) is 24.3 Å². The minimum absolute atomic E-state index is 0.307. The highest BCUT2D eigenvalue weighted by Gasteiger charge is 2.15. The zero-order valence-corrected chi connectivity index (χ0v) is 9.03. The SMILES string of the molecule is CCOc1cccc(O[C@H]2CCNC2)c1. The Morgan fingerprint density at radius 3 is 3.00 bits per heavy atom. The molecule has 0 unspecified atom stereocenters. The highest BCUT2D eigenvalue weighted by molar-refractivity contribution is 5.33. The van der Waals surface area contributed by atoms with E-state index in [4.69, 9.17) is 9.47 Å². The molecule has 2 rings (SSSR count). The molecule has 1 atom stereocenters. The van der Waals surface area contributed by atoms with Crippen LogP contribution in [0.25, 0.3) is 0 Å². The summed E-state index contributed by atoms with van der Waals surface area (Å²) in [6.45, 7) is 4.66. The van der Waals surface area contributed by atoms with E-state index < -0.39 is 0 Å². The molecule has 0 aliphatic carbocycles. The smallest absolute Gasteiger partial charge is 0.123 e. The predicted octanol–water partition coefficient (Wildman–Crippen LogP) is 1.83. The highest BCUT2D eigenvalue weighted by Crippen LogP contribution is 2.21. The maximum Gasteiger partial charge on any atom is 0.123 e. The van der Waals surface area contributed by atoms with Crippen molar-refractivity contribution < 1.29 is 9.47 Å². The first kappa shape index (κ1) is 10.3. The summed E-state index contributed by atoms with van der Waals surface area (Å²) in [5, 5.41) is 3.28. The summed E-state index contributed by atoms with van der Waals surface area (Å²) in [5.41, 5.74) is 0. The molecular formula is C12H17NO2. The normalized spacial score (nSPS) is 20.2. The number of hydrogen-bond donors (Lipinski definition) is 1. The summed E-state index contributed by atoms with van der Waals surface area (Å²) in [6.07, 6.45) is 1.39. The summed E-state index contributed by atoms with van der Waals surface area (Å²) in [5.74, 6) is 1.77. The molecule has 0 amide bonds. The molecule has 0 spiro atoms. The van der Waals surface area contributed by atoms with Gasteiger partial charge in [-0.05, 0) is 32.0 Å². The highest BCUT2D eigenvalue weighted by atomic mass is 16.5. The fourth-order valence-corrected chi connectivity index (χ4v) is 1.73. The van der Waals surface area contributed by atoms with E-state index in [0.29, 0.717) is 12.7 Å². The first-order valence-electron chi connectivity index (χ1n) is 5.48. The van der Waals surface area contributed by atoms with Crippen molar-refractivity contribution in [2.24, 2.45) is 0 Å². The van der Waals surface area contributed by atoms with Gasteiger partial charge >= 0.3 is 0 Å². The summed E-state index contributed by atoms with van der Waals surface area (Å²) in [6, 6.07) is 7.83. The van der Waals surface area contributed by atoms with E-state index >= 15 is 0 Å². The largest absolute Gasteiger partial charge is 0.494 e. The third kappa shape index (κ3) is 2.86. The lowest BCUT2D eigenvalue weighted by Crippen LogP contribution is -2.19. The molecule has 82 valence electrons. The summed E-state index contributed by atoms with van der Waals surface area (Å²) < 4.78 is 11.2. The van der Waals surface area contributed by atoms with Crippen LogP contribution in [0.2, 0.25) is 0 Å². The van der Waals surface area contributed by atoms with Gasteiger partial charge in [0.2, 0.25) is 0 Å². The van der Waals surface area contributed by atoms with Gasteiger partial charge in [0.1, 0.15) is 17.6 Å². The molecule has 0 aromatic heterocycles. The fourth-order valence-electron chi connectivity index (χ4n) is 1.73.